The minimum Gasteiger partial charge on any atom is -0.361 e. The Balaban J connectivity index is 1.51. The third-order valence-electron chi connectivity index (χ3n) is 4.58. The van der Waals surface area contributed by atoms with Gasteiger partial charge in [-0.05, 0) is 23.8 Å². The molecule has 2 aromatic rings. The number of amides is 2. The van der Waals surface area contributed by atoms with E-state index in [2.05, 4.69) is 11.9 Å². The first-order valence-electron chi connectivity index (χ1n) is 8.87. The number of aromatic nitrogens is 1. The number of aromatic amines is 1. The van der Waals surface area contributed by atoms with Crippen LogP contribution >= 0.6 is 11.8 Å². The van der Waals surface area contributed by atoms with E-state index in [-0.39, 0.29) is 11.8 Å². The Bertz CT molecular complexity index is 735. The molecule has 1 saturated heterocycles. The first-order valence-corrected chi connectivity index (χ1v) is 10.0. The SMILES string of the molecule is CCCSCC(=O)N1CCN(C(=O)Cc2c[nH]c3ccccc23)CC1. The van der Waals surface area contributed by atoms with Gasteiger partial charge in [0.1, 0.15) is 0 Å². The van der Waals surface area contributed by atoms with Crippen LogP contribution in [-0.4, -0.2) is 64.3 Å². The summed E-state index contributed by atoms with van der Waals surface area (Å²) in [4.78, 5) is 31.7. The zero-order valence-electron chi connectivity index (χ0n) is 14.7. The van der Waals surface area contributed by atoms with Crippen molar-refractivity contribution in [2.24, 2.45) is 0 Å². The fraction of sp³-hybridized carbons (Fsp3) is 0.474. The summed E-state index contributed by atoms with van der Waals surface area (Å²) in [6.45, 7) is 4.67. The van der Waals surface area contributed by atoms with Gasteiger partial charge in [0.2, 0.25) is 11.8 Å². The van der Waals surface area contributed by atoms with Crippen LogP contribution in [0.3, 0.4) is 0 Å². The molecule has 0 spiro atoms. The number of carbonyl (C=O) groups excluding carboxylic acids is 2. The predicted molar refractivity (Wildman–Crippen MR) is 103 cm³/mol. The van der Waals surface area contributed by atoms with E-state index in [0.717, 1.165) is 28.6 Å². The molecule has 3 rings (SSSR count). The van der Waals surface area contributed by atoms with Crippen LogP contribution in [0.25, 0.3) is 10.9 Å². The maximum absolute atomic E-state index is 12.6. The van der Waals surface area contributed by atoms with Crippen molar-refractivity contribution in [1.29, 1.82) is 0 Å². The topological polar surface area (TPSA) is 56.4 Å². The summed E-state index contributed by atoms with van der Waals surface area (Å²) < 4.78 is 0. The summed E-state index contributed by atoms with van der Waals surface area (Å²) in [6, 6.07) is 8.04. The molecule has 6 heteroatoms. The Kier molecular flexibility index (Phi) is 6.02. The average molecular weight is 359 g/mol. The molecule has 2 amide bonds. The zero-order valence-corrected chi connectivity index (χ0v) is 15.5. The second-order valence-corrected chi connectivity index (χ2v) is 7.46. The molecule has 0 saturated carbocycles. The number of benzene rings is 1. The van der Waals surface area contributed by atoms with E-state index in [1.807, 2.05) is 40.3 Å². The molecule has 1 aromatic carbocycles. The number of rotatable bonds is 6. The number of H-pyrrole nitrogens is 1. The summed E-state index contributed by atoms with van der Waals surface area (Å²) in [5, 5.41) is 1.11. The number of nitrogens with one attached hydrogen (secondary N) is 1. The van der Waals surface area contributed by atoms with Crippen molar-refractivity contribution in [3.63, 3.8) is 0 Å². The molecule has 5 nitrogen and oxygen atoms in total. The molecule has 0 bridgehead atoms. The number of thioether (sulfide) groups is 1. The molecule has 1 N–H and O–H groups in total. The van der Waals surface area contributed by atoms with Gasteiger partial charge in [-0.3, -0.25) is 9.59 Å². The number of nitrogens with zero attached hydrogens (tertiary/aromatic N) is 2. The highest BCUT2D eigenvalue weighted by Gasteiger charge is 2.24. The Morgan fingerprint density at radius 2 is 1.76 bits per heavy atom. The van der Waals surface area contributed by atoms with E-state index in [1.165, 1.54) is 0 Å². The summed E-state index contributed by atoms with van der Waals surface area (Å²) in [5.74, 6) is 1.91. The van der Waals surface area contributed by atoms with Gasteiger partial charge >= 0.3 is 0 Å². The zero-order chi connectivity index (χ0) is 17.6. The first kappa shape index (κ1) is 17.9. The van der Waals surface area contributed by atoms with Crippen LogP contribution in [-0.2, 0) is 16.0 Å². The van der Waals surface area contributed by atoms with Crippen molar-refractivity contribution in [1.82, 2.24) is 14.8 Å². The molecule has 0 radical (unpaired) electrons. The van der Waals surface area contributed by atoms with Crippen LogP contribution in [0, 0.1) is 0 Å². The molecular weight excluding hydrogens is 334 g/mol. The molecule has 1 aromatic heterocycles. The highest BCUT2D eigenvalue weighted by Crippen LogP contribution is 2.19. The number of fused-ring (bicyclic) bond motifs is 1. The molecule has 2 heterocycles. The second-order valence-electron chi connectivity index (χ2n) is 6.35. The van der Waals surface area contributed by atoms with Gasteiger partial charge in [0.15, 0.2) is 0 Å². The fourth-order valence-electron chi connectivity index (χ4n) is 3.15. The molecule has 25 heavy (non-hydrogen) atoms. The summed E-state index contributed by atoms with van der Waals surface area (Å²) in [7, 11) is 0. The number of hydrogen-bond acceptors (Lipinski definition) is 3. The predicted octanol–water partition coefficient (Wildman–Crippen LogP) is 2.52. The molecule has 1 aliphatic heterocycles. The van der Waals surface area contributed by atoms with Crippen LogP contribution in [0.2, 0.25) is 0 Å². The van der Waals surface area contributed by atoms with Crippen LogP contribution in [0.5, 0.6) is 0 Å². The van der Waals surface area contributed by atoms with Gasteiger partial charge in [-0.25, -0.2) is 0 Å². The second kappa shape index (κ2) is 8.43. The smallest absolute Gasteiger partial charge is 0.232 e. The van der Waals surface area contributed by atoms with Crippen molar-refractivity contribution in [2.45, 2.75) is 19.8 Å². The van der Waals surface area contributed by atoms with E-state index >= 15 is 0 Å². The summed E-state index contributed by atoms with van der Waals surface area (Å²) in [6.07, 6.45) is 3.42. The maximum atomic E-state index is 12.6. The molecule has 1 fully saturated rings. The van der Waals surface area contributed by atoms with Crippen molar-refractivity contribution in [3.8, 4) is 0 Å². The van der Waals surface area contributed by atoms with Crippen LogP contribution < -0.4 is 0 Å². The normalized spacial score (nSPS) is 14.9. The van der Waals surface area contributed by atoms with Gasteiger partial charge in [0.25, 0.3) is 0 Å². The minimum absolute atomic E-state index is 0.136. The van der Waals surface area contributed by atoms with Crippen molar-refractivity contribution >= 4 is 34.5 Å². The summed E-state index contributed by atoms with van der Waals surface area (Å²) >= 11 is 1.69. The third-order valence-corrected chi connectivity index (χ3v) is 5.72. The Morgan fingerprint density at radius 1 is 1.08 bits per heavy atom. The third kappa shape index (κ3) is 4.37. The van der Waals surface area contributed by atoms with E-state index in [1.54, 1.807) is 11.8 Å². The molecule has 1 aliphatic rings. The van der Waals surface area contributed by atoms with Crippen LogP contribution in [0.4, 0.5) is 0 Å². The van der Waals surface area contributed by atoms with Crippen molar-refractivity contribution < 1.29 is 9.59 Å². The Morgan fingerprint density at radius 3 is 2.48 bits per heavy atom. The number of hydrogen-bond donors (Lipinski definition) is 1. The maximum Gasteiger partial charge on any atom is 0.232 e. The highest BCUT2D eigenvalue weighted by molar-refractivity contribution is 7.99. The minimum atomic E-state index is 0.136. The van der Waals surface area contributed by atoms with E-state index in [0.29, 0.717) is 38.4 Å². The van der Waals surface area contributed by atoms with E-state index in [9.17, 15) is 9.59 Å². The average Bonchev–Trinajstić information content (AvgIpc) is 3.05. The lowest BCUT2D eigenvalue weighted by Gasteiger charge is -2.34. The van der Waals surface area contributed by atoms with Crippen LogP contribution in [0.1, 0.15) is 18.9 Å². The molecule has 0 atom stereocenters. The fourth-order valence-corrected chi connectivity index (χ4v) is 3.94. The standard InChI is InChI=1S/C19H25N3O2S/c1-2-11-25-14-19(24)22-9-7-21(8-10-22)18(23)12-15-13-20-17-6-4-3-5-16(15)17/h3-6,13,20H,2,7-12,14H2,1H3. The largest absolute Gasteiger partial charge is 0.361 e. The van der Waals surface area contributed by atoms with Crippen LogP contribution in [0.15, 0.2) is 30.5 Å². The lowest BCUT2D eigenvalue weighted by molar-refractivity contribution is -0.137. The number of para-hydroxylation sites is 1. The van der Waals surface area contributed by atoms with E-state index in [4.69, 9.17) is 0 Å². The Labute approximate surface area is 152 Å². The van der Waals surface area contributed by atoms with Gasteiger partial charge in [-0.2, -0.15) is 11.8 Å². The van der Waals surface area contributed by atoms with E-state index < -0.39 is 0 Å². The molecule has 0 unspecified atom stereocenters. The molecule has 0 aliphatic carbocycles. The van der Waals surface area contributed by atoms with Gasteiger partial charge < -0.3 is 14.8 Å². The number of piperazine rings is 1. The molecular formula is C19H25N3O2S. The number of carbonyl (C=O) groups is 2. The Hall–Kier alpha value is -1.95. The van der Waals surface area contributed by atoms with Crippen molar-refractivity contribution in [2.75, 3.05) is 37.7 Å². The van der Waals surface area contributed by atoms with Gasteiger partial charge in [0.05, 0.1) is 12.2 Å². The van der Waals surface area contributed by atoms with Gasteiger partial charge in [0, 0.05) is 43.3 Å². The van der Waals surface area contributed by atoms with Gasteiger partial charge in [-0.1, -0.05) is 25.1 Å². The molecule has 134 valence electrons. The lowest BCUT2D eigenvalue weighted by atomic mass is 10.1. The quantitative estimate of drug-likeness (QED) is 0.807. The summed E-state index contributed by atoms with van der Waals surface area (Å²) in [5.41, 5.74) is 2.10. The lowest BCUT2D eigenvalue weighted by Crippen LogP contribution is -2.51. The monoisotopic (exact) mass is 359 g/mol. The first-order chi connectivity index (χ1) is 12.2. The van der Waals surface area contributed by atoms with Gasteiger partial charge in [-0.15, -0.1) is 0 Å². The highest BCUT2D eigenvalue weighted by atomic mass is 32.2. The van der Waals surface area contributed by atoms with Crippen molar-refractivity contribution in [3.05, 3.63) is 36.0 Å².